The van der Waals surface area contributed by atoms with Crippen LogP contribution in [0.3, 0.4) is 0 Å². The molecule has 1 aromatic heterocycles. The highest BCUT2D eigenvalue weighted by Crippen LogP contribution is 2.22. The summed E-state index contributed by atoms with van der Waals surface area (Å²) in [6.45, 7) is 2.03. The van der Waals surface area contributed by atoms with E-state index in [9.17, 15) is 14.7 Å². The molecule has 1 amide bonds. The molecule has 2 N–H and O–H groups in total. The highest BCUT2D eigenvalue weighted by atomic mass is 16.5. The third-order valence-corrected chi connectivity index (χ3v) is 3.22. The van der Waals surface area contributed by atoms with E-state index in [0.717, 1.165) is 0 Å². The number of amides is 1. The SMILES string of the molecule is COc1nc(C)ccc1C(=O)NC1(C(=O)O)CCOC1. The van der Waals surface area contributed by atoms with Gasteiger partial charge in [-0.25, -0.2) is 9.78 Å². The zero-order chi connectivity index (χ0) is 14.8. The van der Waals surface area contributed by atoms with Gasteiger partial charge in [-0.15, -0.1) is 0 Å². The van der Waals surface area contributed by atoms with Gasteiger partial charge < -0.3 is 19.9 Å². The maximum Gasteiger partial charge on any atom is 0.331 e. The van der Waals surface area contributed by atoms with E-state index in [1.807, 2.05) is 0 Å². The van der Waals surface area contributed by atoms with Crippen molar-refractivity contribution in [1.82, 2.24) is 10.3 Å². The number of carbonyl (C=O) groups excluding carboxylic acids is 1. The fraction of sp³-hybridized carbons (Fsp3) is 0.462. The number of carboxylic acid groups (broad SMARTS) is 1. The minimum atomic E-state index is -1.38. The average molecular weight is 280 g/mol. The molecule has 1 atom stereocenters. The van der Waals surface area contributed by atoms with Crippen molar-refractivity contribution in [1.29, 1.82) is 0 Å². The Kier molecular flexibility index (Phi) is 3.89. The lowest BCUT2D eigenvalue weighted by Gasteiger charge is -2.24. The van der Waals surface area contributed by atoms with Crippen molar-refractivity contribution in [2.24, 2.45) is 0 Å². The molecule has 7 nitrogen and oxygen atoms in total. The summed E-state index contributed by atoms with van der Waals surface area (Å²) in [6.07, 6.45) is 0.232. The van der Waals surface area contributed by atoms with Crippen LogP contribution < -0.4 is 10.1 Å². The first-order valence-corrected chi connectivity index (χ1v) is 6.14. The van der Waals surface area contributed by atoms with Crippen molar-refractivity contribution in [3.63, 3.8) is 0 Å². The van der Waals surface area contributed by atoms with Gasteiger partial charge in [-0.1, -0.05) is 0 Å². The molecule has 0 saturated carbocycles. The number of carbonyl (C=O) groups is 2. The predicted molar refractivity (Wildman–Crippen MR) is 68.8 cm³/mol. The molecule has 1 aliphatic heterocycles. The molecule has 0 aromatic carbocycles. The molecule has 7 heteroatoms. The van der Waals surface area contributed by atoms with Gasteiger partial charge in [-0.05, 0) is 19.1 Å². The Morgan fingerprint density at radius 2 is 2.25 bits per heavy atom. The Morgan fingerprint density at radius 3 is 2.80 bits per heavy atom. The zero-order valence-corrected chi connectivity index (χ0v) is 11.3. The van der Waals surface area contributed by atoms with Gasteiger partial charge in [-0.3, -0.25) is 4.79 Å². The van der Waals surface area contributed by atoms with Gasteiger partial charge in [0, 0.05) is 18.7 Å². The van der Waals surface area contributed by atoms with Gasteiger partial charge in [0.2, 0.25) is 5.88 Å². The summed E-state index contributed by atoms with van der Waals surface area (Å²) in [5, 5.41) is 11.8. The molecule has 1 fully saturated rings. The lowest BCUT2D eigenvalue weighted by molar-refractivity contribution is -0.144. The van der Waals surface area contributed by atoms with Crippen molar-refractivity contribution in [3.05, 3.63) is 23.4 Å². The molecule has 1 unspecified atom stereocenters. The number of aryl methyl sites for hydroxylation is 1. The topological polar surface area (TPSA) is 97.8 Å². The number of methoxy groups -OCH3 is 1. The highest BCUT2D eigenvalue weighted by molar-refractivity contribution is 5.99. The van der Waals surface area contributed by atoms with Crippen molar-refractivity contribution < 1.29 is 24.2 Å². The molecule has 0 spiro atoms. The van der Waals surface area contributed by atoms with Gasteiger partial charge in [0.15, 0.2) is 5.54 Å². The van der Waals surface area contributed by atoms with E-state index >= 15 is 0 Å². The largest absolute Gasteiger partial charge is 0.480 e. The molecular weight excluding hydrogens is 264 g/mol. The number of aromatic nitrogens is 1. The number of nitrogens with one attached hydrogen (secondary N) is 1. The third kappa shape index (κ3) is 2.57. The van der Waals surface area contributed by atoms with Crippen molar-refractivity contribution in [3.8, 4) is 5.88 Å². The number of carboxylic acids is 1. The standard InChI is InChI=1S/C13H16N2O5/c1-8-3-4-9(11(14-8)19-2)10(16)15-13(12(17)18)5-6-20-7-13/h3-4H,5-7H2,1-2H3,(H,15,16)(H,17,18). The summed E-state index contributed by atoms with van der Waals surface area (Å²) in [5.41, 5.74) is -0.478. The van der Waals surface area contributed by atoms with Gasteiger partial charge in [0.25, 0.3) is 5.91 Å². The van der Waals surface area contributed by atoms with E-state index in [1.165, 1.54) is 7.11 Å². The van der Waals surface area contributed by atoms with Crippen LogP contribution in [0.25, 0.3) is 0 Å². The Hall–Kier alpha value is -2.15. The van der Waals surface area contributed by atoms with Gasteiger partial charge in [0.05, 0.1) is 13.7 Å². The first-order valence-electron chi connectivity index (χ1n) is 6.14. The molecule has 2 rings (SSSR count). The summed E-state index contributed by atoms with van der Waals surface area (Å²) < 4.78 is 10.1. The van der Waals surface area contributed by atoms with Crippen LogP contribution in [0.15, 0.2) is 12.1 Å². The normalized spacial score (nSPS) is 21.5. The van der Waals surface area contributed by atoms with Crippen molar-refractivity contribution in [2.45, 2.75) is 18.9 Å². The molecule has 1 aliphatic rings. The quantitative estimate of drug-likeness (QED) is 0.827. The molecule has 20 heavy (non-hydrogen) atoms. The maximum atomic E-state index is 12.3. The van der Waals surface area contributed by atoms with Crippen LogP contribution in [0.1, 0.15) is 22.5 Å². The Balaban J connectivity index is 2.26. The van der Waals surface area contributed by atoms with E-state index in [2.05, 4.69) is 10.3 Å². The Labute approximate surface area is 115 Å². The second-order valence-corrected chi connectivity index (χ2v) is 4.65. The molecule has 1 aromatic rings. The van der Waals surface area contributed by atoms with Gasteiger partial charge in [-0.2, -0.15) is 0 Å². The first-order chi connectivity index (χ1) is 9.48. The zero-order valence-electron chi connectivity index (χ0n) is 11.3. The molecule has 0 aliphatic carbocycles. The van der Waals surface area contributed by atoms with Gasteiger partial charge in [0.1, 0.15) is 5.56 Å². The molecule has 2 heterocycles. The van der Waals surface area contributed by atoms with Crippen molar-refractivity contribution in [2.75, 3.05) is 20.3 Å². The summed E-state index contributed by atoms with van der Waals surface area (Å²) in [7, 11) is 1.41. The third-order valence-electron chi connectivity index (χ3n) is 3.22. The number of hydrogen-bond acceptors (Lipinski definition) is 5. The Morgan fingerprint density at radius 1 is 1.50 bits per heavy atom. The predicted octanol–water partition coefficient (Wildman–Crippen LogP) is 0.372. The highest BCUT2D eigenvalue weighted by Gasteiger charge is 2.44. The monoisotopic (exact) mass is 280 g/mol. The van der Waals surface area contributed by atoms with Crippen LogP contribution >= 0.6 is 0 Å². The fourth-order valence-corrected chi connectivity index (χ4v) is 2.03. The molecule has 0 radical (unpaired) electrons. The van der Waals surface area contributed by atoms with E-state index in [1.54, 1.807) is 19.1 Å². The number of rotatable bonds is 4. The van der Waals surface area contributed by atoms with Crippen molar-refractivity contribution >= 4 is 11.9 Å². The maximum absolute atomic E-state index is 12.3. The molecule has 0 bridgehead atoms. The Bertz CT molecular complexity index is 538. The van der Waals surface area contributed by atoms with Gasteiger partial charge >= 0.3 is 5.97 Å². The average Bonchev–Trinajstić information content (AvgIpc) is 2.88. The first kappa shape index (κ1) is 14.3. The van der Waals surface area contributed by atoms with Crippen LogP contribution in [-0.2, 0) is 9.53 Å². The van der Waals surface area contributed by atoms with Crippen LogP contribution in [0.2, 0.25) is 0 Å². The lowest BCUT2D eigenvalue weighted by Crippen LogP contribution is -2.55. The second kappa shape index (κ2) is 5.46. The van der Waals surface area contributed by atoms with E-state index in [0.29, 0.717) is 12.3 Å². The van der Waals surface area contributed by atoms with Crippen LogP contribution in [0.5, 0.6) is 5.88 Å². The van der Waals surface area contributed by atoms with E-state index in [-0.39, 0.29) is 24.5 Å². The molecular formula is C13H16N2O5. The van der Waals surface area contributed by atoms with E-state index in [4.69, 9.17) is 9.47 Å². The number of pyridine rings is 1. The lowest BCUT2D eigenvalue weighted by atomic mass is 9.98. The van der Waals surface area contributed by atoms with Crippen LogP contribution in [-0.4, -0.2) is 47.8 Å². The minimum Gasteiger partial charge on any atom is -0.480 e. The molecule has 108 valence electrons. The number of aliphatic carboxylic acids is 1. The van der Waals surface area contributed by atoms with E-state index < -0.39 is 17.4 Å². The summed E-state index contributed by atoms with van der Waals surface area (Å²) in [5.74, 6) is -1.48. The summed E-state index contributed by atoms with van der Waals surface area (Å²) in [6, 6.07) is 3.22. The summed E-state index contributed by atoms with van der Waals surface area (Å²) in [4.78, 5) is 27.7. The van der Waals surface area contributed by atoms with Crippen LogP contribution in [0, 0.1) is 6.92 Å². The number of nitrogens with zero attached hydrogens (tertiary/aromatic N) is 1. The fourth-order valence-electron chi connectivity index (χ4n) is 2.03. The van der Waals surface area contributed by atoms with Crippen LogP contribution in [0.4, 0.5) is 0 Å². The minimum absolute atomic E-state index is 0.0460. The summed E-state index contributed by atoms with van der Waals surface area (Å²) >= 11 is 0. The number of hydrogen-bond donors (Lipinski definition) is 2. The molecule has 1 saturated heterocycles. The smallest absolute Gasteiger partial charge is 0.331 e. The number of ether oxygens (including phenoxy) is 2. The second-order valence-electron chi connectivity index (χ2n) is 4.65.